The zero-order valence-corrected chi connectivity index (χ0v) is 10.9. The lowest BCUT2D eigenvalue weighted by atomic mass is 9.84. The summed E-state index contributed by atoms with van der Waals surface area (Å²) in [6.45, 7) is 5.76. The minimum absolute atomic E-state index is 0.199. The number of hydrogen-bond acceptors (Lipinski definition) is 4. The van der Waals surface area contributed by atoms with Crippen LogP contribution in [0.3, 0.4) is 0 Å². The molecular formula is C12H25NO3. The van der Waals surface area contributed by atoms with Crippen LogP contribution in [-0.4, -0.2) is 51.7 Å². The van der Waals surface area contributed by atoms with Crippen LogP contribution in [0, 0.1) is 0 Å². The number of methoxy groups -OCH3 is 2. The molecule has 4 unspecified atom stereocenters. The number of nitrogens with one attached hydrogen (secondary N) is 1. The van der Waals surface area contributed by atoms with Crippen LogP contribution in [0.15, 0.2) is 0 Å². The largest absolute Gasteiger partial charge is 0.385 e. The standard InChI is InChI=1S/C12H25NO3/c1-5-16-11-8-10(12(11)15-4)13-9(2)6-7-14-3/h9-13H,5-8H2,1-4H3. The van der Waals surface area contributed by atoms with Crippen LogP contribution >= 0.6 is 0 Å². The molecule has 0 bridgehead atoms. The Labute approximate surface area is 98.6 Å². The third kappa shape index (κ3) is 3.70. The van der Waals surface area contributed by atoms with Gasteiger partial charge in [-0.15, -0.1) is 0 Å². The number of ether oxygens (including phenoxy) is 3. The molecule has 96 valence electrons. The first-order chi connectivity index (χ1) is 7.72. The van der Waals surface area contributed by atoms with E-state index in [1.54, 1.807) is 14.2 Å². The van der Waals surface area contributed by atoms with Gasteiger partial charge in [-0.1, -0.05) is 0 Å². The van der Waals surface area contributed by atoms with Crippen LogP contribution in [0.1, 0.15) is 26.7 Å². The zero-order chi connectivity index (χ0) is 12.0. The molecule has 1 aliphatic carbocycles. The predicted octanol–water partition coefficient (Wildman–Crippen LogP) is 1.19. The first-order valence-electron chi connectivity index (χ1n) is 6.12. The summed E-state index contributed by atoms with van der Waals surface area (Å²) in [5.74, 6) is 0. The van der Waals surface area contributed by atoms with Crippen molar-refractivity contribution in [3.63, 3.8) is 0 Å². The summed E-state index contributed by atoms with van der Waals surface area (Å²) >= 11 is 0. The minimum atomic E-state index is 0.199. The highest BCUT2D eigenvalue weighted by Gasteiger charge is 2.42. The van der Waals surface area contributed by atoms with Crippen LogP contribution in [0.2, 0.25) is 0 Å². The van der Waals surface area contributed by atoms with Crippen molar-refractivity contribution in [2.45, 2.75) is 51.0 Å². The average Bonchev–Trinajstić information content (AvgIpc) is 2.25. The molecule has 0 aromatic heterocycles. The van der Waals surface area contributed by atoms with Crippen molar-refractivity contribution < 1.29 is 14.2 Å². The molecule has 1 rings (SSSR count). The third-order valence-corrected chi connectivity index (χ3v) is 3.16. The van der Waals surface area contributed by atoms with Crippen LogP contribution in [0.4, 0.5) is 0 Å². The summed E-state index contributed by atoms with van der Waals surface area (Å²) < 4.78 is 16.1. The second-order valence-electron chi connectivity index (χ2n) is 4.39. The fourth-order valence-electron chi connectivity index (χ4n) is 2.18. The van der Waals surface area contributed by atoms with Crippen molar-refractivity contribution in [2.75, 3.05) is 27.4 Å². The van der Waals surface area contributed by atoms with E-state index >= 15 is 0 Å². The average molecular weight is 231 g/mol. The Balaban J connectivity index is 2.23. The van der Waals surface area contributed by atoms with Gasteiger partial charge < -0.3 is 19.5 Å². The van der Waals surface area contributed by atoms with E-state index in [-0.39, 0.29) is 12.2 Å². The maximum absolute atomic E-state index is 5.58. The van der Waals surface area contributed by atoms with E-state index in [0.717, 1.165) is 26.1 Å². The van der Waals surface area contributed by atoms with Crippen molar-refractivity contribution in [1.82, 2.24) is 5.32 Å². The van der Waals surface area contributed by atoms with Crippen LogP contribution in [0.25, 0.3) is 0 Å². The zero-order valence-electron chi connectivity index (χ0n) is 10.9. The second-order valence-corrected chi connectivity index (χ2v) is 4.39. The molecule has 1 saturated carbocycles. The van der Waals surface area contributed by atoms with Gasteiger partial charge in [-0.05, 0) is 26.7 Å². The maximum atomic E-state index is 5.58. The lowest BCUT2D eigenvalue weighted by molar-refractivity contribution is -0.133. The molecule has 0 spiro atoms. The van der Waals surface area contributed by atoms with Gasteiger partial charge in [-0.3, -0.25) is 0 Å². The molecule has 16 heavy (non-hydrogen) atoms. The minimum Gasteiger partial charge on any atom is -0.385 e. The fourth-order valence-corrected chi connectivity index (χ4v) is 2.18. The van der Waals surface area contributed by atoms with Crippen molar-refractivity contribution >= 4 is 0 Å². The molecular weight excluding hydrogens is 206 g/mol. The molecule has 4 heteroatoms. The molecule has 1 aliphatic rings. The highest BCUT2D eigenvalue weighted by atomic mass is 16.5. The monoisotopic (exact) mass is 231 g/mol. The van der Waals surface area contributed by atoms with E-state index in [0.29, 0.717) is 12.1 Å². The fraction of sp³-hybridized carbons (Fsp3) is 1.00. The molecule has 1 fully saturated rings. The van der Waals surface area contributed by atoms with Gasteiger partial charge in [-0.2, -0.15) is 0 Å². The smallest absolute Gasteiger partial charge is 0.0986 e. The van der Waals surface area contributed by atoms with Gasteiger partial charge in [0, 0.05) is 39.5 Å². The summed E-state index contributed by atoms with van der Waals surface area (Å²) in [7, 11) is 3.49. The Morgan fingerprint density at radius 2 is 2.12 bits per heavy atom. The summed E-state index contributed by atoms with van der Waals surface area (Å²) in [4.78, 5) is 0. The first-order valence-corrected chi connectivity index (χ1v) is 6.12. The molecule has 4 nitrogen and oxygen atoms in total. The Hall–Kier alpha value is -0.160. The molecule has 0 aromatic carbocycles. The number of hydrogen-bond donors (Lipinski definition) is 1. The van der Waals surface area contributed by atoms with Gasteiger partial charge in [0.2, 0.25) is 0 Å². The van der Waals surface area contributed by atoms with Gasteiger partial charge in [0.25, 0.3) is 0 Å². The summed E-state index contributed by atoms with van der Waals surface area (Å²) in [6.07, 6.45) is 2.54. The van der Waals surface area contributed by atoms with E-state index in [4.69, 9.17) is 14.2 Å². The molecule has 0 radical (unpaired) electrons. The summed E-state index contributed by atoms with van der Waals surface area (Å²) in [5, 5.41) is 3.56. The van der Waals surface area contributed by atoms with Crippen LogP contribution < -0.4 is 5.32 Å². The molecule has 0 aromatic rings. The topological polar surface area (TPSA) is 39.7 Å². The Bertz CT molecular complexity index is 189. The molecule has 0 aliphatic heterocycles. The van der Waals surface area contributed by atoms with E-state index in [9.17, 15) is 0 Å². The van der Waals surface area contributed by atoms with E-state index in [1.165, 1.54) is 0 Å². The van der Waals surface area contributed by atoms with Crippen molar-refractivity contribution in [2.24, 2.45) is 0 Å². The molecule has 4 atom stereocenters. The van der Waals surface area contributed by atoms with Crippen LogP contribution in [-0.2, 0) is 14.2 Å². The van der Waals surface area contributed by atoms with E-state index in [2.05, 4.69) is 12.2 Å². The highest BCUT2D eigenvalue weighted by Crippen LogP contribution is 2.27. The quantitative estimate of drug-likeness (QED) is 0.681. The third-order valence-electron chi connectivity index (χ3n) is 3.16. The molecule has 0 amide bonds. The number of rotatable bonds is 8. The van der Waals surface area contributed by atoms with E-state index in [1.807, 2.05) is 6.92 Å². The van der Waals surface area contributed by atoms with Crippen molar-refractivity contribution in [1.29, 1.82) is 0 Å². The Morgan fingerprint density at radius 1 is 1.38 bits per heavy atom. The molecule has 1 N–H and O–H groups in total. The van der Waals surface area contributed by atoms with E-state index < -0.39 is 0 Å². The molecule has 0 heterocycles. The predicted molar refractivity (Wildman–Crippen MR) is 63.7 cm³/mol. The van der Waals surface area contributed by atoms with Gasteiger partial charge in [0.1, 0.15) is 0 Å². The van der Waals surface area contributed by atoms with Crippen molar-refractivity contribution in [3.8, 4) is 0 Å². The highest BCUT2D eigenvalue weighted by molar-refractivity contribution is 4.97. The normalized spacial score (nSPS) is 31.1. The lowest BCUT2D eigenvalue weighted by Gasteiger charge is -2.44. The Morgan fingerprint density at radius 3 is 2.69 bits per heavy atom. The Kier molecular flexibility index (Phi) is 6.28. The SMILES string of the molecule is CCOC1CC(NC(C)CCOC)C1OC. The summed E-state index contributed by atoms with van der Waals surface area (Å²) in [6, 6.07) is 0.888. The maximum Gasteiger partial charge on any atom is 0.0986 e. The van der Waals surface area contributed by atoms with Gasteiger partial charge in [-0.25, -0.2) is 0 Å². The van der Waals surface area contributed by atoms with Crippen LogP contribution in [0.5, 0.6) is 0 Å². The van der Waals surface area contributed by atoms with Gasteiger partial charge in [0.05, 0.1) is 12.2 Å². The first kappa shape index (κ1) is 13.9. The summed E-state index contributed by atoms with van der Waals surface area (Å²) in [5.41, 5.74) is 0. The second kappa shape index (κ2) is 7.22. The lowest BCUT2D eigenvalue weighted by Crippen LogP contribution is -2.61. The van der Waals surface area contributed by atoms with Gasteiger partial charge in [0.15, 0.2) is 0 Å². The molecule has 0 saturated heterocycles. The van der Waals surface area contributed by atoms with Gasteiger partial charge >= 0.3 is 0 Å². The van der Waals surface area contributed by atoms with Crippen molar-refractivity contribution in [3.05, 3.63) is 0 Å².